The minimum Gasteiger partial charge on any atom is -0.478 e. The molecule has 0 saturated heterocycles. The molecule has 0 fully saturated rings. The van der Waals surface area contributed by atoms with Crippen molar-refractivity contribution in [1.29, 1.82) is 0 Å². The molecule has 8 nitrogen and oxygen atoms in total. The maximum Gasteiger partial charge on any atom is 0.339 e. The molecule has 4 N–H and O–H groups in total. The number of para-hydroxylation sites is 1. The van der Waals surface area contributed by atoms with E-state index < -0.39 is 11.9 Å². The molecule has 2 aromatic heterocycles. The van der Waals surface area contributed by atoms with Crippen LogP contribution in [0.4, 0.5) is 11.4 Å². The molecule has 3 aromatic carbocycles. The Balaban J connectivity index is 1.64. The van der Waals surface area contributed by atoms with E-state index in [1.54, 1.807) is 36.4 Å². The number of carboxylic acid groups (broad SMARTS) is 2. The molecule has 5 aromatic rings. The van der Waals surface area contributed by atoms with Gasteiger partial charge in [0.15, 0.2) is 0 Å². The number of hydrogen-bond acceptors (Lipinski definition) is 5. The van der Waals surface area contributed by atoms with Gasteiger partial charge in [0.1, 0.15) is 17.1 Å². The molecular weight excluding hydrogens is 422 g/mol. The van der Waals surface area contributed by atoms with E-state index in [2.05, 4.69) is 15.3 Å². The first-order valence-electron chi connectivity index (χ1n) is 10.0. The number of nitrogens with one attached hydrogen (secondary N) is 2. The molecule has 0 saturated carbocycles. The van der Waals surface area contributed by atoms with Gasteiger partial charge in [-0.3, -0.25) is 4.98 Å². The highest BCUT2D eigenvalue weighted by molar-refractivity contribution is 6.07. The molecule has 0 radical (unpaired) electrons. The monoisotopic (exact) mass is 439 g/mol. The standard InChI is InChI=1S/C25H17N3O5/c29-24(30)16-4-1-2-5-21(16)28-23-17-12-14(8-9-20(17)27-13-18(23)25(31)32)33-22-7-3-6-19-15(22)10-11-26-19/h1-13,26H,(H,27,28)(H,29,30)(H,31,32). The van der Waals surface area contributed by atoms with Crippen molar-refractivity contribution in [2.75, 3.05) is 5.32 Å². The molecule has 0 spiro atoms. The summed E-state index contributed by atoms with van der Waals surface area (Å²) in [6, 6.07) is 19.0. The number of anilines is 2. The molecule has 0 unspecified atom stereocenters. The average molecular weight is 439 g/mol. The summed E-state index contributed by atoms with van der Waals surface area (Å²) in [5.41, 5.74) is 1.88. The molecule has 0 aliphatic heterocycles. The van der Waals surface area contributed by atoms with E-state index in [0.29, 0.717) is 22.4 Å². The molecule has 162 valence electrons. The van der Waals surface area contributed by atoms with Crippen LogP contribution in [0.5, 0.6) is 11.5 Å². The molecule has 0 bridgehead atoms. The lowest BCUT2D eigenvalue weighted by Gasteiger charge is -2.15. The number of benzene rings is 3. The first kappa shape index (κ1) is 20.1. The number of aromatic amines is 1. The first-order valence-corrected chi connectivity index (χ1v) is 10.0. The predicted molar refractivity (Wildman–Crippen MR) is 124 cm³/mol. The Morgan fingerprint density at radius 3 is 2.52 bits per heavy atom. The molecule has 0 aliphatic rings. The van der Waals surface area contributed by atoms with Crippen LogP contribution in [0.3, 0.4) is 0 Å². The summed E-state index contributed by atoms with van der Waals surface area (Å²) in [4.78, 5) is 31.0. The Labute approximate surface area is 187 Å². The SMILES string of the molecule is O=C(O)c1ccccc1Nc1c(C(=O)O)cnc2ccc(Oc3cccc4[nH]ccc34)cc12. The number of ether oxygens (including phenoxy) is 1. The normalized spacial score (nSPS) is 10.9. The summed E-state index contributed by atoms with van der Waals surface area (Å²) in [6.07, 6.45) is 3.07. The van der Waals surface area contributed by atoms with Gasteiger partial charge in [-0.15, -0.1) is 0 Å². The Morgan fingerprint density at radius 2 is 1.70 bits per heavy atom. The number of fused-ring (bicyclic) bond motifs is 2. The number of H-pyrrole nitrogens is 1. The van der Waals surface area contributed by atoms with Crippen molar-refractivity contribution in [1.82, 2.24) is 9.97 Å². The van der Waals surface area contributed by atoms with Gasteiger partial charge in [-0.2, -0.15) is 0 Å². The third-order valence-electron chi connectivity index (χ3n) is 5.27. The van der Waals surface area contributed by atoms with Gasteiger partial charge in [-0.25, -0.2) is 9.59 Å². The molecule has 5 rings (SSSR count). The Morgan fingerprint density at radius 1 is 0.879 bits per heavy atom. The second-order valence-electron chi connectivity index (χ2n) is 7.30. The second-order valence-corrected chi connectivity index (χ2v) is 7.30. The number of hydrogen-bond donors (Lipinski definition) is 4. The second kappa shape index (κ2) is 8.01. The number of rotatable bonds is 6. The Hall–Kier alpha value is -4.85. The minimum absolute atomic E-state index is 0.0188. The van der Waals surface area contributed by atoms with Gasteiger partial charge in [0.25, 0.3) is 0 Å². The van der Waals surface area contributed by atoms with Crippen molar-refractivity contribution in [3.63, 3.8) is 0 Å². The summed E-state index contributed by atoms with van der Waals surface area (Å²) in [7, 11) is 0. The van der Waals surface area contributed by atoms with Gasteiger partial charge in [-0.1, -0.05) is 18.2 Å². The number of aromatic nitrogens is 2. The van der Waals surface area contributed by atoms with Crippen molar-refractivity contribution < 1.29 is 24.5 Å². The van der Waals surface area contributed by atoms with Crippen molar-refractivity contribution in [2.45, 2.75) is 0 Å². The summed E-state index contributed by atoms with van der Waals surface area (Å²) in [6.45, 7) is 0. The molecule has 33 heavy (non-hydrogen) atoms. The predicted octanol–water partition coefficient (Wildman–Crippen LogP) is 5.65. The summed E-state index contributed by atoms with van der Waals surface area (Å²) in [5.74, 6) is -1.20. The highest BCUT2D eigenvalue weighted by Gasteiger charge is 2.18. The van der Waals surface area contributed by atoms with Crippen LogP contribution in [0.15, 0.2) is 79.1 Å². The number of aromatic carboxylic acids is 2. The number of carbonyl (C=O) groups is 2. The van der Waals surface area contributed by atoms with Crippen molar-refractivity contribution >= 4 is 45.1 Å². The highest BCUT2D eigenvalue weighted by atomic mass is 16.5. The first-order chi connectivity index (χ1) is 16.0. The number of nitrogens with zero attached hydrogens (tertiary/aromatic N) is 1. The molecule has 0 aliphatic carbocycles. The van der Waals surface area contributed by atoms with Gasteiger partial charge in [0.2, 0.25) is 0 Å². The van der Waals surface area contributed by atoms with E-state index in [1.807, 2.05) is 30.5 Å². The Bertz CT molecular complexity index is 1540. The maximum atomic E-state index is 11.9. The van der Waals surface area contributed by atoms with Crippen LogP contribution in [0, 0.1) is 0 Å². The van der Waals surface area contributed by atoms with Gasteiger partial charge in [0.05, 0.1) is 22.5 Å². The van der Waals surface area contributed by atoms with Crippen LogP contribution in [0.25, 0.3) is 21.8 Å². The van der Waals surface area contributed by atoms with Gasteiger partial charge in [-0.05, 0) is 48.5 Å². The molecule has 0 atom stereocenters. The summed E-state index contributed by atoms with van der Waals surface area (Å²) >= 11 is 0. The third kappa shape index (κ3) is 3.70. The maximum absolute atomic E-state index is 11.9. The lowest BCUT2D eigenvalue weighted by molar-refractivity contribution is 0.0687. The summed E-state index contributed by atoms with van der Waals surface area (Å²) in [5, 5.41) is 23.7. The van der Waals surface area contributed by atoms with Crippen molar-refractivity contribution in [2.24, 2.45) is 0 Å². The largest absolute Gasteiger partial charge is 0.478 e. The molecular formula is C25H17N3O5. The van der Waals surface area contributed by atoms with Crippen LogP contribution < -0.4 is 10.1 Å². The van der Waals surface area contributed by atoms with Gasteiger partial charge >= 0.3 is 11.9 Å². The lowest BCUT2D eigenvalue weighted by atomic mass is 10.1. The van der Waals surface area contributed by atoms with Crippen LogP contribution in [-0.4, -0.2) is 32.1 Å². The zero-order valence-corrected chi connectivity index (χ0v) is 17.1. The van der Waals surface area contributed by atoms with Crippen LogP contribution in [0.1, 0.15) is 20.7 Å². The zero-order valence-electron chi connectivity index (χ0n) is 17.1. The van der Waals surface area contributed by atoms with Crippen molar-refractivity contribution in [3.8, 4) is 11.5 Å². The highest BCUT2D eigenvalue weighted by Crippen LogP contribution is 2.35. The van der Waals surface area contributed by atoms with Crippen molar-refractivity contribution in [3.05, 3.63) is 90.3 Å². The summed E-state index contributed by atoms with van der Waals surface area (Å²) < 4.78 is 6.11. The molecule has 2 heterocycles. The molecule has 0 amide bonds. The fourth-order valence-electron chi connectivity index (χ4n) is 3.72. The van der Waals surface area contributed by atoms with Gasteiger partial charge < -0.3 is 25.3 Å². The van der Waals surface area contributed by atoms with E-state index in [9.17, 15) is 19.8 Å². The quantitative estimate of drug-likeness (QED) is 0.269. The number of carboxylic acids is 2. The van der Waals surface area contributed by atoms with Crippen LogP contribution in [-0.2, 0) is 0 Å². The zero-order chi connectivity index (χ0) is 22.9. The topological polar surface area (TPSA) is 125 Å². The van der Waals surface area contributed by atoms with E-state index in [4.69, 9.17) is 4.74 Å². The minimum atomic E-state index is -1.19. The smallest absolute Gasteiger partial charge is 0.339 e. The lowest BCUT2D eigenvalue weighted by Crippen LogP contribution is -2.07. The average Bonchev–Trinajstić information content (AvgIpc) is 3.29. The van der Waals surface area contributed by atoms with E-state index in [0.717, 1.165) is 10.9 Å². The van der Waals surface area contributed by atoms with E-state index in [-0.39, 0.29) is 22.5 Å². The third-order valence-corrected chi connectivity index (χ3v) is 5.27. The fraction of sp³-hybridized carbons (Fsp3) is 0. The molecule has 8 heteroatoms. The number of pyridine rings is 1. The van der Waals surface area contributed by atoms with Crippen LogP contribution in [0.2, 0.25) is 0 Å². The fourth-order valence-corrected chi connectivity index (χ4v) is 3.72. The van der Waals surface area contributed by atoms with Crippen LogP contribution >= 0.6 is 0 Å². The Kier molecular flexibility index (Phi) is 4.87. The van der Waals surface area contributed by atoms with E-state index >= 15 is 0 Å². The van der Waals surface area contributed by atoms with Gasteiger partial charge in [0, 0.05) is 28.7 Å². The van der Waals surface area contributed by atoms with E-state index in [1.165, 1.54) is 12.3 Å².